The largest absolute Gasteiger partial charge is 0.466 e. The quantitative estimate of drug-likeness (QED) is 0.292. The van der Waals surface area contributed by atoms with Gasteiger partial charge in [-0.1, -0.05) is 17.7 Å². The Bertz CT molecular complexity index is 258. The molecule has 0 bridgehead atoms. The number of hydrogen-bond acceptors (Lipinski definition) is 3. The summed E-state index contributed by atoms with van der Waals surface area (Å²) in [5, 5.41) is 0. The Morgan fingerprint density at radius 1 is 1.29 bits per heavy atom. The molecule has 3 nitrogen and oxygen atoms in total. The van der Waals surface area contributed by atoms with Crippen molar-refractivity contribution in [2.24, 2.45) is 0 Å². The Morgan fingerprint density at radius 3 is 2.43 bits per heavy atom. The second kappa shape index (κ2) is 7.06. The highest BCUT2D eigenvalue weighted by molar-refractivity contribution is 6.02. The van der Waals surface area contributed by atoms with E-state index in [0.29, 0.717) is 6.61 Å². The third kappa shape index (κ3) is 7.28. The molecule has 0 aliphatic carbocycles. The molecule has 0 amide bonds. The SMILES string of the molecule is CCOC(=O)CC(=O)/C=C/C=C(C)C. The van der Waals surface area contributed by atoms with Crippen molar-refractivity contribution in [2.45, 2.75) is 27.2 Å². The fourth-order valence-electron chi connectivity index (χ4n) is 0.761. The molecule has 0 heterocycles. The average molecular weight is 196 g/mol. The maximum absolute atomic E-state index is 11.1. The Morgan fingerprint density at radius 2 is 1.93 bits per heavy atom. The summed E-state index contributed by atoms with van der Waals surface area (Å²) < 4.78 is 4.63. The third-order valence-corrected chi connectivity index (χ3v) is 1.34. The Kier molecular flexibility index (Phi) is 6.37. The average Bonchev–Trinajstić information content (AvgIpc) is 2.03. The lowest BCUT2D eigenvalue weighted by molar-refractivity contribution is -0.144. The van der Waals surface area contributed by atoms with Crippen LogP contribution in [0.5, 0.6) is 0 Å². The molecular weight excluding hydrogens is 180 g/mol. The van der Waals surface area contributed by atoms with Gasteiger partial charge in [-0.3, -0.25) is 9.59 Å². The third-order valence-electron chi connectivity index (χ3n) is 1.34. The molecule has 0 saturated heterocycles. The van der Waals surface area contributed by atoms with Gasteiger partial charge in [0.1, 0.15) is 6.42 Å². The summed E-state index contributed by atoms with van der Waals surface area (Å²) in [6.07, 6.45) is 4.64. The highest BCUT2D eigenvalue weighted by atomic mass is 16.5. The maximum atomic E-state index is 11.1. The molecule has 78 valence electrons. The molecule has 0 atom stereocenters. The van der Waals surface area contributed by atoms with Crippen molar-refractivity contribution < 1.29 is 14.3 Å². The standard InChI is InChI=1S/C11H16O3/c1-4-14-11(13)8-10(12)7-5-6-9(2)3/h5-7H,4,8H2,1-3H3/b7-5+. The van der Waals surface area contributed by atoms with Gasteiger partial charge in [-0.15, -0.1) is 0 Å². The number of hydrogen-bond donors (Lipinski definition) is 0. The first-order valence-corrected chi connectivity index (χ1v) is 4.56. The zero-order valence-electron chi connectivity index (χ0n) is 8.87. The van der Waals surface area contributed by atoms with E-state index in [-0.39, 0.29) is 12.2 Å². The van der Waals surface area contributed by atoms with E-state index in [2.05, 4.69) is 4.74 Å². The summed E-state index contributed by atoms with van der Waals surface area (Å²) in [7, 11) is 0. The van der Waals surface area contributed by atoms with E-state index < -0.39 is 5.97 Å². The summed E-state index contributed by atoms with van der Waals surface area (Å²) >= 11 is 0. The molecule has 0 saturated carbocycles. The molecule has 0 unspecified atom stereocenters. The zero-order valence-corrected chi connectivity index (χ0v) is 8.87. The molecule has 0 rings (SSSR count). The first-order chi connectivity index (χ1) is 6.56. The van der Waals surface area contributed by atoms with Gasteiger partial charge in [0, 0.05) is 0 Å². The van der Waals surface area contributed by atoms with Crippen LogP contribution in [0.15, 0.2) is 23.8 Å². The Balaban J connectivity index is 3.93. The Hall–Kier alpha value is -1.38. The van der Waals surface area contributed by atoms with Crippen LogP contribution in [0.4, 0.5) is 0 Å². The van der Waals surface area contributed by atoms with Gasteiger partial charge in [-0.25, -0.2) is 0 Å². The molecule has 0 aromatic rings. The molecule has 0 fully saturated rings. The number of carbonyl (C=O) groups excluding carboxylic acids is 2. The summed E-state index contributed by atoms with van der Waals surface area (Å²) in [6, 6.07) is 0. The highest BCUT2D eigenvalue weighted by Crippen LogP contribution is 1.93. The van der Waals surface area contributed by atoms with E-state index in [1.165, 1.54) is 6.08 Å². The summed E-state index contributed by atoms with van der Waals surface area (Å²) in [5.41, 5.74) is 1.10. The smallest absolute Gasteiger partial charge is 0.313 e. The van der Waals surface area contributed by atoms with Gasteiger partial charge in [0.25, 0.3) is 0 Å². The molecule has 0 N–H and O–H groups in total. The van der Waals surface area contributed by atoms with Crippen molar-refractivity contribution in [3.63, 3.8) is 0 Å². The van der Waals surface area contributed by atoms with Crippen LogP contribution in [0.1, 0.15) is 27.2 Å². The number of ether oxygens (including phenoxy) is 1. The molecule has 0 spiro atoms. The predicted molar refractivity (Wildman–Crippen MR) is 54.8 cm³/mol. The molecule has 3 heteroatoms. The lowest BCUT2D eigenvalue weighted by atomic mass is 10.2. The zero-order chi connectivity index (χ0) is 11.0. The molecular formula is C11H16O3. The first kappa shape index (κ1) is 12.6. The van der Waals surface area contributed by atoms with Crippen LogP contribution in [0.25, 0.3) is 0 Å². The molecule has 0 aromatic heterocycles. The molecule has 0 aromatic carbocycles. The minimum atomic E-state index is -0.473. The summed E-state index contributed by atoms with van der Waals surface area (Å²) in [5.74, 6) is -0.708. The fraction of sp³-hybridized carbons (Fsp3) is 0.455. The van der Waals surface area contributed by atoms with E-state index in [9.17, 15) is 9.59 Å². The van der Waals surface area contributed by atoms with E-state index >= 15 is 0 Å². The van der Waals surface area contributed by atoms with Crippen molar-refractivity contribution in [3.05, 3.63) is 23.8 Å². The monoisotopic (exact) mass is 196 g/mol. The lowest BCUT2D eigenvalue weighted by Gasteiger charge is -1.97. The summed E-state index contributed by atoms with van der Waals surface area (Å²) in [4.78, 5) is 22.0. The van der Waals surface area contributed by atoms with Crippen LogP contribution in [0.2, 0.25) is 0 Å². The van der Waals surface area contributed by atoms with Gasteiger partial charge >= 0.3 is 5.97 Å². The molecule has 0 aliphatic heterocycles. The highest BCUT2D eigenvalue weighted by Gasteiger charge is 2.05. The van der Waals surface area contributed by atoms with Crippen LogP contribution in [0, 0.1) is 0 Å². The van der Waals surface area contributed by atoms with Crippen molar-refractivity contribution >= 4 is 11.8 Å². The topological polar surface area (TPSA) is 43.4 Å². The van der Waals surface area contributed by atoms with E-state index in [0.717, 1.165) is 5.57 Å². The number of allylic oxidation sites excluding steroid dienone is 4. The fourth-order valence-corrected chi connectivity index (χ4v) is 0.761. The van der Waals surface area contributed by atoms with Gasteiger partial charge in [0.05, 0.1) is 6.61 Å². The predicted octanol–water partition coefficient (Wildman–Crippen LogP) is 2.03. The van der Waals surface area contributed by atoms with Gasteiger partial charge in [-0.05, 0) is 26.8 Å². The van der Waals surface area contributed by atoms with Crippen LogP contribution in [-0.2, 0) is 14.3 Å². The number of rotatable bonds is 5. The van der Waals surface area contributed by atoms with Gasteiger partial charge < -0.3 is 4.74 Å². The summed E-state index contributed by atoms with van der Waals surface area (Å²) in [6.45, 7) is 5.88. The second-order valence-electron chi connectivity index (χ2n) is 3.05. The number of esters is 1. The van der Waals surface area contributed by atoms with Gasteiger partial charge in [0.15, 0.2) is 5.78 Å². The maximum Gasteiger partial charge on any atom is 0.313 e. The van der Waals surface area contributed by atoms with Gasteiger partial charge in [-0.2, -0.15) is 0 Å². The normalized spacial score (nSPS) is 9.93. The van der Waals surface area contributed by atoms with E-state index in [4.69, 9.17) is 0 Å². The van der Waals surface area contributed by atoms with Crippen molar-refractivity contribution in [2.75, 3.05) is 6.61 Å². The van der Waals surface area contributed by atoms with E-state index in [1.54, 1.807) is 13.0 Å². The minimum absolute atomic E-state index is 0.180. The van der Waals surface area contributed by atoms with Crippen molar-refractivity contribution in [1.82, 2.24) is 0 Å². The van der Waals surface area contributed by atoms with Crippen LogP contribution in [0.3, 0.4) is 0 Å². The van der Waals surface area contributed by atoms with Crippen LogP contribution < -0.4 is 0 Å². The minimum Gasteiger partial charge on any atom is -0.466 e. The van der Waals surface area contributed by atoms with Crippen molar-refractivity contribution in [1.29, 1.82) is 0 Å². The van der Waals surface area contributed by atoms with Gasteiger partial charge in [0.2, 0.25) is 0 Å². The Labute approximate surface area is 84.4 Å². The molecule has 0 radical (unpaired) electrons. The molecule has 14 heavy (non-hydrogen) atoms. The number of carbonyl (C=O) groups is 2. The van der Waals surface area contributed by atoms with Crippen molar-refractivity contribution in [3.8, 4) is 0 Å². The first-order valence-electron chi connectivity index (χ1n) is 4.56. The number of ketones is 1. The van der Waals surface area contributed by atoms with E-state index in [1.807, 2.05) is 19.9 Å². The van der Waals surface area contributed by atoms with Crippen LogP contribution >= 0.6 is 0 Å². The second-order valence-corrected chi connectivity index (χ2v) is 3.05. The lowest BCUT2D eigenvalue weighted by Crippen LogP contribution is -2.08. The molecule has 0 aliphatic rings. The van der Waals surface area contributed by atoms with Crippen LogP contribution in [-0.4, -0.2) is 18.4 Å².